The van der Waals surface area contributed by atoms with Crippen molar-refractivity contribution < 1.29 is 9.59 Å². The zero-order valence-corrected chi connectivity index (χ0v) is 15.5. The monoisotopic (exact) mass is 380 g/mol. The summed E-state index contributed by atoms with van der Waals surface area (Å²) < 4.78 is 1.85. The van der Waals surface area contributed by atoms with Crippen molar-refractivity contribution in [2.45, 2.75) is 32.1 Å². The number of hydrogen-bond acceptors (Lipinski definition) is 4. The summed E-state index contributed by atoms with van der Waals surface area (Å²) in [4.78, 5) is 30.8. The topological polar surface area (TPSA) is 66.7 Å². The summed E-state index contributed by atoms with van der Waals surface area (Å²) in [7, 11) is 0. The summed E-state index contributed by atoms with van der Waals surface area (Å²) in [6, 6.07) is 0. The molecular formula is C17H21ClN4O2S. The molecule has 6 nitrogen and oxygen atoms in total. The van der Waals surface area contributed by atoms with Crippen molar-refractivity contribution in [2.75, 3.05) is 19.6 Å². The molecule has 1 N–H and O–H groups in total. The van der Waals surface area contributed by atoms with Gasteiger partial charge >= 0.3 is 0 Å². The Bertz CT molecular complexity index is 783. The minimum atomic E-state index is -0.177. The fourth-order valence-corrected chi connectivity index (χ4v) is 3.90. The van der Waals surface area contributed by atoms with Gasteiger partial charge in [0.2, 0.25) is 11.8 Å². The fraction of sp³-hybridized carbons (Fsp3) is 0.471. The van der Waals surface area contributed by atoms with E-state index in [2.05, 4.69) is 10.3 Å². The van der Waals surface area contributed by atoms with Crippen molar-refractivity contribution in [1.29, 1.82) is 0 Å². The largest absolute Gasteiger partial charge is 0.352 e. The number of halogens is 1. The van der Waals surface area contributed by atoms with Crippen molar-refractivity contribution in [1.82, 2.24) is 19.6 Å². The van der Waals surface area contributed by atoms with E-state index in [-0.39, 0.29) is 11.8 Å². The van der Waals surface area contributed by atoms with Gasteiger partial charge in [0.15, 0.2) is 10.1 Å². The average Bonchev–Trinajstić information content (AvgIpc) is 3.07. The van der Waals surface area contributed by atoms with Gasteiger partial charge in [0.05, 0.1) is 5.69 Å². The lowest BCUT2D eigenvalue weighted by Gasteiger charge is -2.20. The van der Waals surface area contributed by atoms with Gasteiger partial charge in [-0.25, -0.2) is 4.98 Å². The number of hydrogen-bond donors (Lipinski definition) is 1. The van der Waals surface area contributed by atoms with Crippen molar-refractivity contribution in [3.8, 4) is 0 Å². The van der Waals surface area contributed by atoms with Gasteiger partial charge in [-0.1, -0.05) is 18.0 Å². The lowest BCUT2D eigenvalue weighted by atomic mass is 10.2. The number of fused-ring (bicyclic) bond motifs is 1. The van der Waals surface area contributed by atoms with Crippen molar-refractivity contribution in [2.24, 2.45) is 0 Å². The van der Waals surface area contributed by atoms with Crippen LogP contribution in [0, 0.1) is 0 Å². The number of likely N-dealkylation sites (tertiary alicyclic amines) is 1. The van der Waals surface area contributed by atoms with Crippen molar-refractivity contribution in [3.05, 3.63) is 28.5 Å². The molecule has 2 amide bonds. The summed E-state index contributed by atoms with van der Waals surface area (Å²) >= 11 is 7.58. The Kier molecular flexibility index (Phi) is 6.09. The molecule has 0 aromatic carbocycles. The van der Waals surface area contributed by atoms with Gasteiger partial charge in [-0.3, -0.25) is 14.0 Å². The molecule has 8 heteroatoms. The normalized spacial score (nSPS) is 15.9. The molecule has 0 unspecified atom stereocenters. The maximum atomic E-state index is 11.9. The van der Waals surface area contributed by atoms with E-state index in [0.29, 0.717) is 30.4 Å². The van der Waals surface area contributed by atoms with Crippen molar-refractivity contribution >= 4 is 45.8 Å². The molecular weight excluding hydrogens is 360 g/mol. The van der Waals surface area contributed by atoms with E-state index >= 15 is 0 Å². The van der Waals surface area contributed by atoms with E-state index < -0.39 is 0 Å². The molecule has 134 valence electrons. The van der Waals surface area contributed by atoms with E-state index in [1.54, 1.807) is 6.08 Å². The molecule has 0 saturated carbocycles. The number of amides is 2. The average molecular weight is 381 g/mol. The number of carbonyl (C=O) groups excluding carboxylic acids is 2. The summed E-state index contributed by atoms with van der Waals surface area (Å²) in [5, 5.41) is 5.14. The minimum Gasteiger partial charge on any atom is -0.352 e. The quantitative estimate of drug-likeness (QED) is 0.618. The number of nitrogens with one attached hydrogen (secondary N) is 1. The van der Waals surface area contributed by atoms with Crippen LogP contribution in [0.2, 0.25) is 5.15 Å². The molecule has 3 rings (SSSR count). The van der Waals surface area contributed by atoms with Crippen LogP contribution in [0.3, 0.4) is 0 Å². The van der Waals surface area contributed by atoms with E-state index in [1.165, 1.54) is 17.4 Å². The van der Waals surface area contributed by atoms with Crippen LogP contribution in [0.4, 0.5) is 0 Å². The molecule has 0 atom stereocenters. The lowest BCUT2D eigenvalue weighted by Crippen LogP contribution is -2.33. The molecule has 0 radical (unpaired) electrons. The number of carbonyl (C=O) groups is 2. The van der Waals surface area contributed by atoms with Crippen LogP contribution in [0.25, 0.3) is 11.0 Å². The second-order valence-electron chi connectivity index (χ2n) is 6.01. The predicted octanol–water partition coefficient (Wildman–Crippen LogP) is 2.97. The smallest absolute Gasteiger partial charge is 0.244 e. The molecule has 1 aliphatic heterocycles. The number of nitrogens with zero attached hydrogens (tertiary/aromatic N) is 3. The third-order valence-electron chi connectivity index (χ3n) is 4.22. The van der Waals surface area contributed by atoms with Gasteiger partial charge in [-0.15, -0.1) is 11.3 Å². The molecule has 2 aromatic heterocycles. The van der Waals surface area contributed by atoms with Crippen LogP contribution in [-0.2, 0) is 9.59 Å². The number of rotatable bonds is 6. The summed E-state index contributed by atoms with van der Waals surface area (Å²) in [6.45, 7) is 2.08. The van der Waals surface area contributed by atoms with Gasteiger partial charge in [0.1, 0.15) is 0 Å². The standard InChI is InChI=1S/C17H21ClN4O2S/c18-16-13(22-11-12-25-17(22)20-16)6-7-14(23)19-8-4-10-21-9-3-1-2-5-15(21)24/h6-7,11-12H,1-5,8-10H2,(H,19,23)/b7-6+. The van der Waals surface area contributed by atoms with Crippen LogP contribution in [-0.4, -0.2) is 45.7 Å². The van der Waals surface area contributed by atoms with Gasteiger partial charge < -0.3 is 10.2 Å². The van der Waals surface area contributed by atoms with Gasteiger partial charge in [0, 0.05) is 43.7 Å². The van der Waals surface area contributed by atoms with E-state index in [9.17, 15) is 9.59 Å². The van der Waals surface area contributed by atoms with E-state index in [0.717, 1.165) is 37.2 Å². The molecule has 1 fully saturated rings. The fourth-order valence-electron chi connectivity index (χ4n) is 2.90. The second-order valence-corrected chi connectivity index (χ2v) is 7.24. The second kappa shape index (κ2) is 8.49. The van der Waals surface area contributed by atoms with Crippen LogP contribution >= 0.6 is 22.9 Å². The Balaban J connectivity index is 1.44. The molecule has 1 saturated heterocycles. The first kappa shape index (κ1) is 17.9. The summed E-state index contributed by atoms with van der Waals surface area (Å²) in [5.74, 6) is 0.0577. The first-order valence-corrected chi connectivity index (χ1v) is 9.75. The van der Waals surface area contributed by atoms with Crippen LogP contribution in [0.1, 0.15) is 37.8 Å². The molecule has 1 aliphatic rings. The molecule has 0 aliphatic carbocycles. The minimum absolute atomic E-state index is 0.177. The third-order valence-corrected chi connectivity index (χ3v) is 5.26. The zero-order valence-electron chi connectivity index (χ0n) is 13.9. The highest BCUT2D eigenvalue weighted by Gasteiger charge is 2.15. The SMILES string of the molecule is O=C(/C=C/c1c(Cl)nc2sccn12)NCCCN1CCCCCC1=O. The molecule has 0 bridgehead atoms. The van der Waals surface area contributed by atoms with Gasteiger partial charge in [0.25, 0.3) is 0 Å². The Hall–Kier alpha value is -1.86. The van der Waals surface area contributed by atoms with Crippen LogP contribution < -0.4 is 5.32 Å². The first-order chi connectivity index (χ1) is 12.1. The zero-order chi connectivity index (χ0) is 17.6. The molecule has 3 heterocycles. The Morgan fingerprint density at radius 1 is 1.40 bits per heavy atom. The van der Waals surface area contributed by atoms with E-state index in [1.807, 2.05) is 20.9 Å². The molecule has 2 aromatic rings. The Morgan fingerprint density at radius 3 is 3.16 bits per heavy atom. The Labute approximate surface area is 155 Å². The van der Waals surface area contributed by atoms with Crippen molar-refractivity contribution in [3.63, 3.8) is 0 Å². The maximum absolute atomic E-state index is 11.9. The highest BCUT2D eigenvalue weighted by atomic mass is 35.5. The predicted molar refractivity (Wildman–Crippen MR) is 99.8 cm³/mol. The third kappa shape index (κ3) is 4.61. The molecule has 0 spiro atoms. The number of aromatic nitrogens is 2. The maximum Gasteiger partial charge on any atom is 0.244 e. The summed E-state index contributed by atoms with van der Waals surface area (Å²) in [6.07, 6.45) is 9.60. The lowest BCUT2D eigenvalue weighted by molar-refractivity contribution is -0.130. The summed E-state index contributed by atoms with van der Waals surface area (Å²) in [5.41, 5.74) is 0.697. The first-order valence-electron chi connectivity index (χ1n) is 8.50. The van der Waals surface area contributed by atoms with Crippen LogP contribution in [0.5, 0.6) is 0 Å². The number of imidazole rings is 1. The molecule has 25 heavy (non-hydrogen) atoms. The van der Waals surface area contributed by atoms with Crippen LogP contribution in [0.15, 0.2) is 17.7 Å². The highest BCUT2D eigenvalue weighted by Crippen LogP contribution is 2.22. The van der Waals surface area contributed by atoms with Gasteiger partial charge in [-0.2, -0.15) is 0 Å². The number of thiazole rings is 1. The van der Waals surface area contributed by atoms with E-state index in [4.69, 9.17) is 11.6 Å². The van der Waals surface area contributed by atoms with Gasteiger partial charge in [-0.05, 0) is 25.3 Å². The Morgan fingerprint density at radius 2 is 2.28 bits per heavy atom. The highest BCUT2D eigenvalue weighted by molar-refractivity contribution is 7.15.